The van der Waals surface area contributed by atoms with Gasteiger partial charge in [-0.2, -0.15) is 0 Å². The number of hydrogen-bond donors (Lipinski definition) is 0. The lowest BCUT2D eigenvalue weighted by Gasteiger charge is -1.89. The van der Waals surface area contributed by atoms with Gasteiger partial charge in [-0.15, -0.1) is 6.58 Å². The molecule has 0 aromatic rings. The van der Waals surface area contributed by atoms with Gasteiger partial charge in [0.2, 0.25) is 0 Å². The van der Waals surface area contributed by atoms with Gasteiger partial charge in [0, 0.05) is 6.42 Å². The van der Waals surface area contributed by atoms with E-state index in [1.165, 1.54) is 0 Å². The average molecular weight is 110 g/mol. The Morgan fingerprint density at radius 2 is 2.25 bits per heavy atom. The molecule has 0 aliphatic carbocycles. The maximum atomic E-state index is 10.6. The molecule has 0 unspecified atom stereocenters. The van der Waals surface area contributed by atoms with Crippen molar-refractivity contribution in [3.05, 3.63) is 24.8 Å². The summed E-state index contributed by atoms with van der Waals surface area (Å²) in [5.74, 6) is 0.0694. The van der Waals surface area contributed by atoms with Crippen LogP contribution in [0.4, 0.5) is 0 Å². The van der Waals surface area contributed by atoms with Crippen LogP contribution >= 0.6 is 0 Å². The van der Waals surface area contributed by atoms with E-state index < -0.39 is 0 Å². The third kappa shape index (κ3) is 2.35. The van der Waals surface area contributed by atoms with Gasteiger partial charge >= 0.3 is 0 Å². The van der Waals surface area contributed by atoms with Gasteiger partial charge in [-0.05, 0) is 12.5 Å². The maximum absolute atomic E-state index is 10.6. The second-order valence-electron chi connectivity index (χ2n) is 1.70. The standard InChI is InChI=1S/C7H10O/c1-4-5-7(8)6(2)3/h4H,1-2,5H2,3H3. The quantitative estimate of drug-likeness (QED) is 0.399. The van der Waals surface area contributed by atoms with E-state index in [2.05, 4.69) is 13.2 Å². The Morgan fingerprint density at radius 1 is 1.75 bits per heavy atom. The number of hydrogen-bond acceptors (Lipinski definition) is 1. The summed E-state index contributed by atoms with van der Waals surface area (Å²) in [4.78, 5) is 10.6. The van der Waals surface area contributed by atoms with Crippen molar-refractivity contribution in [2.75, 3.05) is 0 Å². The van der Waals surface area contributed by atoms with Crippen LogP contribution in [0, 0.1) is 0 Å². The van der Waals surface area contributed by atoms with Crippen LogP contribution in [0.2, 0.25) is 0 Å². The van der Waals surface area contributed by atoms with E-state index in [-0.39, 0.29) is 5.78 Å². The fourth-order valence-corrected chi connectivity index (χ4v) is 0.305. The molecule has 1 heteroatoms. The Kier molecular flexibility index (Phi) is 2.85. The summed E-state index contributed by atoms with van der Waals surface area (Å²) >= 11 is 0. The normalized spacial score (nSPS) is 8.12. The monoisotopic (exact) mass is 110 g/mol. The molecule has 0 aromatic heterocycles. The fourth-order valence-electron chi connectivity index (χ4n) is 0.305. The first-order valence-electron chi connectivity index (χ1n) is 2.48. The van der Waals surface area contributed by atoms with E-state index in [9.17, 15) is 4.79 Å². The lowest BCUT2D eigenvalue weighted by atomic mass is 10.2. The Bertz CT molecular complexity index is 122. The topological polar surface area (TPSA) is 17.1 Å². The molecule has 0 fully saturated rings. The van der Waals surface area contributed by atoms with Gasteiger partial charge < -0.3 is 0 Å². The predicted molar refractivity (Wildman–Crippen MR) is 34.6 cm³/mol. The molecule has 44 valence electrons. The van der Waals surface area contributed by atoms with Crippen LogP contribution in [0.1, 0.15) is 13.3 Å². The number of rotatable bonds is 3. The highest BCUT2D eigenvalue weighted by atomic mass is 16.1. The van der Waals surface area contributed by atoms with Crippen LogP contribution < -0.4 is 0 Å². The molecule has 0 amide bonds. The summed E-state index contributed by atoms with van der Waals surface area (Å²) in [6.45, 7) is 8.60. The van der Waals surface area contributed by atoms with E-state index >= 15 is 0 Å². The van der Waals surface area contributed by atoms with Crippen LogP contribution in [0.25, 0.3) is 0 Å². The Morgan fingerprint density at radius 3 is 2.38 bits per heavy atom. The molecule has 0 aliphatic heterocycles. The van der Waals surface area contributed by atoms with Gasteiger partial charge in [0.25, 0.3) is 0 Å². The van der Waals surface area contributed by atoms with E-state index in [1.54, 1.807) is 13.0 Å². The minimum absolute atomic E-state index is 0.0694. The first-order valence-corrected chi connectivity index (χ1v) is 2.48. The Hall–Kier alpha value is -0.850. The molecular formula is C7H10O. The van der Waals surface area contributed by atoms with Crippen LogP contribution in [0.15, 0.2) is 24.8 Å². The highest BCUT2D eigenvalue weighted by Crippen LogP contribution is 1.93. The molecule has 0 heterocycles. The minimum atomic E-state index is 0.0694. The summed E-state index contributed by atoms with van der Waals surface area (Å²) < 4.78 is 0. The molecule has 0 rings (SSSR count). The van der Waals surface area contributed by atoms with Crippen LogP contribution in [0.3, 0.4) is 0 Å². The van der Waals surface area contributed by atoms with E-state index in [0.29, 0.717) is 12.0 Å². The highest BCUT2D eigenvalue weighted by molar-refractivity contribution is 5.94. The van der Waals surface area contributed by atoms with E-state index in [0.717, 1.165) is 0 Å². The maximum Gasteiger partial charge on any atom is 0.161 e. The Balaban J connectivity index is 3.65. The lowest BCUT2D eigenvalue weighted by molar-refractivity contribution is -0.114. The smallest absolute Gasteiger partial charge is 0.161 e. The van der Waals surface area contributed by atoms with Crippen molar-refractivity contribution in [3.8, 4) is 0 Å². The van der Waals surface area contributed by atoms with Crippen molar-refractivity contribution >= 4 is 5.78 Å². The molecule has 0 N–H and O–H groups in total. The third-order valence-electron chi connectivity index (χ3n) is 0.806. The van der Waals surface area contributed by atoms with Crippen LogP contribution in [-0.4, -0.2) is 5.78 Å². The number of carbonyl (C=O) groups is 1. The summed E-state index contributed by atoms with van der Waals surface area (Å²) in [6, 6.07) is 0. The number of allylic oxidation sites excluding steroid dienone is 2. The predicted octanol–water partition coefficient (Wildman–Crippen LogP) is 1.71. The summed E-state index contributed by atoms with van der Waals surface area (Å²) in [6.07, 6.45) is 1.99. The third-order valence-corrected chi connectivity index (χ3v) is 0.806. The van der Waals surface area contributed by atoms with E-state index in [4.69, 9.17) is 0 Å². The lowest BCUT2D eigenvalue weighted by Crippen LogP contribution is -1.94. The SMILES string of the molecule is C=CCC(=O)C(=C)C. The molecule has 8 heavy (non-hydrogen) atoms. The first kappa shape index (κ1) is 7.15. The van der Waals surface area contributed by atoms with Gasteiger partial charge in [0.05, 0.1) is 0 Å². The van der Waals surface area contributed by atoms with Crippen LogP contribution in [-0.2, 0) is 4.79 Å². The molecule has 0 atom stereocenters. The van der Waals surface area contributed by atoms with Gasteiger partial charge in [-0.25, -0.2) is 0 Å². The summed E-state index contributed by atoms with van der Waals surface area (Å²) in [7, 11) is 0. The molecule has 0 bridgehead atoms. The number of carbonyl (C=O) groups excluding carboxylic acids is 1. The first-order chi connectivity index (χ1) is 3.68. The Labute approximate surface area is 49.7 Å². The molecule has 0 spiro atoms. The van der Waals surface area contributed by atoms with Crippen molar-refractivity contribution in [2.24, 2.45) is 0 Å². The van der Waals surface area contributed by atoms with Gasteiger partial charge in [0.1, 0.15) is 0 Å². The molecule has 0 aliphatic rings. The zero-order valence-electron chi connectivity index (χ0n) is 5.11. The second kappa shape index (κ2) is 3.19. The molecule has 0 saturated carbocycles. The van der Waals surface area contributed by atoms with E-state index in [1.807, 2.05) is 0 Å². The number of Topliss-reactive ketones (excluding diaryl/α,β-unsaturated/α-hetero) is 1. The molecule has 1 nitrogen and oxygen atoms in total. The second-order valence-corrected chi connectivity index (χ2v) is 1.70. The summed E-state index contributed by atoms with van der Waals surface area (Å²) in [5.41, 5.74) is 0.602. The zero-order valence-corrected chi connectivity index (χ0v) is 5.11. The minimum Gasteiger partial charge on any atom is -0.294 e. The van der Waals surface area contributed by atoms with Crippen molar-refractivity contribution in [3.63, 3.8) is 0 Å². The van der Waals surface area contributed by atoms with Gasteiger partial charge in [-0.3, -0.25) is 4.79 Å². The van der Waals surface area contributed by atoms with Crippen molar-refractivity contribution in [1.82, 2.24) is 0 Å². The van der Waals surface area contributed by atoms with Crippen LogP contribution in [0.5, 0.6) is 0 Å². The van der Waals surface area contributed by atoms with Gasteiger partial charge in [-0.1, -0.05) is 12.7 Å². The molecular weight excluding hydrogens is 100 g/mol. The fraction of sp³-hybridized carbons (Fsp3) is 0.286. The van der Waals surface area contributed by atoms with Crippen molar-refractivity contribution in [1.29, 1.82) is 0 Å². The van der Waals surface area contributed by atoms with Crippen molar-refractivity contribution < 1.29 is 4.79 Å². The molecule has 0 saturated heterocycles. The zero-order chi connectivity index (χ0) is 6.57. The molecule has 0 aromatic carbocycles. The number of ketones is 1. The average Bonchev–Trinajstić information content (AvgIpc) is 1.67. The molecule has 0 radical (unpaired) electrons. The van der Waals surface area contributed by atoms with Gasteiger partial charge in [0.15, 0.2) is 5.78 Å². The van der Waals surface area contributed by atoms with Crippen molar-refractivity contribution in [2.45, 2.75) is 13.3 Å². The highest BCUT2D eigenvalue weighted by Gasteiger charge is 1.95. The largest absolute Gasteiger partial charge is 0.294 e. The summed E-state index contributed by atoms with van der Waals surface area (Å²) in [5, 5.41) is 0.